The third-order valence-electron chi connectivity index (χ3n) is 6.10. The van der Waals surface area contributed by atoms with Gasteiger partial charge in [-0.2, -0.15) is 0 Å². The number of fused-ring (bicyclic) bond motifs is 3. The van der Waals surface area contributed by atoms with Crippen LogP contribution in [0.25, 0.3) is 11.1 Å². The molecule has 9 nitrogen and oxygen atoms in total. The van der Waals surface area contributed by atoms with Crippen molar-refractivity contribution in [3.8, 4) is 11.1 Å². The van der Waals surface area contributed by atoms with Crippen molar-refractivity contribution in [1.82, 2.24) is 10.1 Å². The first-order valence-corrected chi connectivity index (χ1v) is 10.7. The molecule has 2 N–H and O–H groups in total. The van der Waals surface area contributed by atoms with Crippen molar-refractivity contribution < 1.29 is 28.8 Å². The average Bonchev–Trinajstić information content (AvgIpc) is 3.55. The summed E-state index contributed by atoms with van der Waals surface area (Å²) in [6, 6.07) is 16.4. The minimum absolute atomic E-state index is 0.0540. The van der Waals surface area contributed by atoms with Crippen LogP contribution in [0.3, 0.4) is 0 Å². The molecule has 3 aromatic rings. The van der Waals surface area contributed by atoms with E-state index in [-0.39, 0.29) is 24.1 Å². The average molecular weight is 447 g/mol. The number of hydrogen-bond acceptors (Lipinski definition) is 6. The minimum atomic E-state index is -1.05. The Morgan fingerprint density at radius 2 is 1.76 bits per heavy atom. The van der Waals surface area contributed by atoms with Gasteiger partial charge in [0.2, 0.25) is 5.88 Å². The third kappa shape index (κ3) is 3.82. The van der Waals surface area contributed by atoms with E-state index in [1.807, 2.05) is 36.4 Å². The molecule has 5 rings (SSSR count). The van der Waals surface area contributed by atoms with Crippen molar-refractivity contribution in [2.45, 2.75) is 24.8 Å². The molecular formula is C24H21N3O6. The second-order valence-corrected chi connectivity index (χ2v) is 8.02. The first-order valence-electron chi connectivity index (χ1n) is 10.7. The monoisotopic (exact) mass is 447 g/mol. The van der Waals surface area contributed by atoms with Gasteiger partial charge in [0, 0.05) is 18.5 Å². The van der Waals surface area contributed by atoms with E-state index in [1.54, 1.807) is 0 Å². The summed E-state index contributed by atoms with van der Waals surface area (Å²) in [5.41, 5.74) is 4.37. The molecular weight excluding hydrogens is 426 g/mol. The molecule has 1 aliphatic carbocycles. The summed E-state index contributed by atoms with van der Waals surface area (Å²) in [7, 11) is 0. The molecule has 2 heterocycles. The van der Waals surface area contributed by atoms with Gasteiger partial charge in [-0.15, -0.1) is 0 Å². The van der Waals surface area contributed by atoms with Crippen molar-refractivity contribution >= 4 is 23.9 Å². The highest BCUT2D eigenvalue weighted by Gasteiger charge is 2.36. The molecule has 1 saturated heterocycles. The maximum absolute atomic E-state index is 12.6. The van der Waals surface area contributed by atoms with Crippen LogP contribution in [0, 0.1) is 0 Å². The molecule has 0 spiro atoms. The summed E-state index contributed by atoms with van der Waals surface area (Å²) in [4.78, 5) is 37.5. The van der Waals surface area contributed by atoms with Gasteiger partial charge in [-0.05, 0) is 35.1 Å². The highest BCUT2D eigenvalue weighted by atomic mass is 16.6. The van der Waals surface area contributed by atoms with Crippen LogP contribution in [0.2, 0.25) is 0 Å². The van der Waals surface area contributed by atoms with E-state index >= 15 is 0 Å². The lowest BCUT2D eigenvalue weighted by Crippen LogP contribution is -2.40. The lowest BCUT2D eigenvalue weighted by atomic mass is 9.98. The molecule has 0 radical (unpaired) electrons. The normalized spacial score (nSPS) is 16.8. The molecule has 168 valence electrons. The van der Waals surface area contributed by atoms with Crippen LogP contribution >= 0.6 is 0 Å². The molecule has 2 aliphatic rings. The molecule has 0 saturated carbocycles. The summed E-state index contributed by atoms with van der Waals surface area (Å²) in [5, 5.41) is 15.4. The molecule has 0 unspecified atom stereocenters. The van der Waals surface area contributed by atoms with Crippen molar-refractivity contribution in [2.75, 3.05) is 18.5 Å². The Morgan fingerprint density at radius 1 is 1.09 bits per heavy atom. The Kier molecular flexibility index (Phi) is 5.29. The first kappa shape index (κ1) is 20.7. The van der Waals surface area contributed by atoms with Crippen LogP contribution < -0.4 is 5.32 Å². The van der Waals surface area contributed by atoms with Gasteiger partial charge in [-0.1, -0.05) is 53.7 Å². The third-order valence-corrected chi connectivity index (χ3v) is 6.10. The lowest BCUT2D eigenvalue weighted by Gasteiger charge is -2.19. The van der Waals surface area contributed by atoms with Crippen LogP contribution in [0.15, 0.2) is 59.1 Å². The Bertz CT molecular complexity index is 1190. The lowest BCUT2D eigenvalue weighted by molar-refractivity contribution is -0.141. The smallest absolute Gasteiger partial charge is 0.414 e. The van der Waals surface area contributed by atoms with Gasteiger partial charge in [0.05, 0.1) is 0 Å². The fourth-order valence-electron chi connectivity index (χ4n) is 4.58. The Hall–Kier alpha value is -4.14. The molecule has 1 aliphatic heterocycles. The first-order chi connectivity index (χ1) is 16.0. The summed E-state index contributed by atoms with van der Waals surface area (Å²) < 4.78 is 10.5. The van der Waals surface area contributed by atoms with Crippen LogP contribution in [-0.2, 0) is 9.53 Å². The number of carbonyl (C=O) groups is 3. The van der Waals surface area contributed by atoms with Gasteiger partial charge in [-0.3, -0.25) is 10.1 Å². The standard InChI is InChI=1S/C24H21N3O6/c28-22(27-11-5-10-20(27)23(29)30)19-12-21(33-26-19)25-24(31)32-13-18-16-8-3-1-6-14(16)15-7-2-4-9-17(15)18/h1-4,6-9,12,18,20H,5,10-11,13H2,(H,25,31)(H,29,30)/t20-/m0/s1. The van der Waals surface area contributed by atoms with E-state index < -0.39 is 24.0 Å². The zero-order chi connectivity index (χ0) is 22.9. The fraction of sp³-hybridized carbons (Fsp3) is 0.250. The Balaban J connectivity index is 1.23. The number of benzene rings is 2. The predicted molar refractivity (Wildman–Crippen MR) is 117 cm³/mol. The maximum Gasteiger partial charge on any atom is 0.414 e. The number of anilines is 1. The van der Waals surface area contributed by atoms with E-state index in [2.05, 4.69) is 22.6 Å². The van der Waals surface area contributed by atoms with Crippen molar-refractivity contribution in [1.29, 1.82) is 0 Å². The number of nitrogens with zero attached hydrogens (tertiary/aromatic N) is 2. The minimum Gasteiger partial charge on any atom is -0.480 e. The van der Waals surface area contributed by atoms with Crippen LogP contribution in [0.5, 0.6) is 0 Å². The van der Waals surface area contributed by atoms with Gasteiger partial charge < -0.3 is 19.3 Å². The molecule has 2 amide bonds. The number of ether oxygens (including phenoxy) is 1. The summed E-state index contributed by atoms with van der Waals surface area (Å²) in [5.74, 6) is -1.75. The molecule has 1 atom stereocenters. The predicted octanol–water partition coefficient (Wildman–Crippen LogP) is 3.72. The van der Waals surface area contributed by atoms with Crippen molar-refractivity contribution in [3.63, 3.8) is 0 Å². The second kappa shape index (κ2) is 8.42. The number of hydrogen-bond donors (Lipinski definition) is 2. The van der Waals surface area contributed by atoms with E-state index in [1.165, 1.54) is 11.0 Å². The van der Waals surface area contributed by atoms with Crippen LogP contribution in [0.1, 0.15) is 40.4 Å². The number of rotatable bonds is 5. The number of amides is 2. The number of aromatic nitrogens is 1. The van der Waals surface area contributed by atoms with Gasteiger partial charge >= 0.3 is 12.1 Å². The second-order valence-electron chi connectivity index (χ2n) is 8.02. The number of aliphatic carboxylic acids is 1. The van der Waals surface area contributed by atoms with Crippen LogP contribution in [-0.4, -0.2) is 52.3 Å². The van der Waals surface area contributed by atoms with Gasteiger partial charge in [-0.25, -0.2) is 9.59 Å². The molecule has 33 heavy (non-hydrogen) atoms. The van der Waals surface area contributed by atoms with E-state index in [9.17, 15) is 19.5 Å². The Morgan fingerprint density at radius 3 is 2.42 bits per heavy atom. The van der Waals surface area contributed by atoms with Gasteiger partial charge in [0.25, 0.3) is 5.91 Å². The van der Waals surface area contributed by atoms with Crippen molar-refractivity contribution in [3.05, 3.63) is 71.4 Å². The van der Waals surface area contributed by atoms with Crippen molar-refractivity contribution in [2.24, 2.45) is 0 Å². The summed E-state index contributed by atoms with van der Waals surface area (Å²) >= 11 is 0. The number of carbonyl (C=O) groups excluding carboxylic acids is 2. The van der Waals surface area contributed by atoms with Gasteiger partial charge in [0.1, 0.15) is 12.6 Å². The highest BCUT2D eigenvalue weighted by Crippen LogP contribution is 2.44. The zero-order valence-electron chi connectivity index (χ0n) is 17.6. The zero-order valence-corrected chi connectivity index (χ0v) is 17.6. The van der Waals surface area contributed by atoms with E-state index in [4.69, 9.17) is 9.26 Å². The molecule has 0 bridgehead atoms. The molecule has 1 fully saturated rings. The maximum atomic E-state index is 12.6. The fourth-order valence-corrected chi connectivity index (χ4v) is 4.58. The quantitative estimate of drug-likeness (QED) is 0.611. The van der Waals surface area contributed by atoms with Gasteiger partial charge in [0.15, 0.2) is 5.69 Å². The number of nitrogens with one attached hydrogen (secondary N) is 1. The molecule has 2 aromatic carbocycles. The topological polar surface area (TPSA) is 122 Å². The molecule has 9 heteroatoms. The van der Waals surface area contributed by atoms with E-state index in [0.717, 1.165) is 22.3 Å². The largest absolute Gasteiger partial charge is 0.480 e. The number of carboxylic acids is 1. The summed E-state index contributed by atoms with van der Waals surface area (Å²) in [6.07, 6.45) is 0.256. The molecule has 1 aromatic heterocycles. The Labute approximate surface area is 188 Å². The highest BCUT2D eigenvalue weighted by molar-refractivity contribution is 5.96. The SMILES string of the molecule is O=C(Nc1cc(C(=O)N2CCC[C@H]2C(=O)O)no1)OCC1c2ccccc2-c2ccccc21. The number of carboxylic acid groups (broad SMARTS) is 1. The number of likely N-dealkylation sites (tertiary alicyclic amines) is 1. The van der Waals surface area contributed by atoms with Crippen LogP contribution in [0.4, 0.5) is 10.7 Å². The van der Waals surface area contributed by atoms with E-state index in [0.29, 0.717) is 19.4 Å². The summed E-state index contributed by atoms with van der Waals surface area (Å²) in [6.45, 7) is 0.464.